The summed E-state index contributed by atoms with van der Waals surface area (Å²) in [5.41, 5.74) is 5.33. The van der Waals surface area contributed by atoms with Crippen molar-refractivity contribution in [1.29, 1.82) is 5.26 Å². The quantitative estimate of drug-likeness (QED) is 0.492. The Morgan fingerprint density at radius 2 is 2.12 bits per heavy atom. The molecule has 0 saturated heterocycles. The maximum atomic E-state index is 12.0. The molecule has 4 N–H and O–H groups in total. The van der Waals surface area contributed by atoms with E-state index in [1.54, 1.807) is 37.5 Å². The summed E-state index contributed by atoms with van der Waals surface area (Å²) in [5, 5.41) is 28.6. The first kappa shape index (κ1) is 21.3. The number of hydrogen-bond acceptors (Lipinski definition) is 7. The van der Waals surface area contributed by atoms with E-state index in [1.165, 1.54) is 0 Å². The molecule has 1 amide bonds. The summed E-state index contributed by atoms with van der Waals surface area (Å²) in [4.78, 5) is 20.9. The van der Waals surface area contributed by atoms with Crippen LogP contribution in [-0.4, -0.2) is 41.2 Å². The minimum atomic E-state index is -0.470. The van der Waals surface area contributed by atoms with Gasteiger partial charge in [-0.15, -0.1) is 0 Å². The Morgan fingerprint density at radius 3 is 2.84 bits per heavy atom. The number of nitrogens with one attached hydrogen (secondary N) is 3. The number of nitrogens with zero attached hydrogens (tertiary/aromatic N) is 3. The number of anilines is 3. The van der Waals surface area contributed by atoms with Crippen molar-refractivity contribution in [3.05, 3.63) is 64.8 Å². The van der Waals surface area contributed by atoms with Crippen LogP contribution in [0.2, 0.25) is 0 Å². The van der Waals surface area contributed by atoms with E-state index in [1.807, 2.05) is 26.0 Å². The number of rotatable bonds is 5. The van der Waals surface area contributed by atoms with Gasteiger partial charge in [-0.05, 0) is 48.4 Å². The van der Waals surface area contributed by atoms with E-state index in [4.69, 9.17) is 0 Å². The third-order valence-electron chi connectivity index (χ3n) is 5.84. The van der Waals surface area contributed by atoms with Gasteiger partial charge in [-0.2, -0.15) is 5.26 Å². The number of hydrogen-bond donors (Lipinski definition) is 4. The zero-order valence-corrected chi connectivity index (χ0v) is 18.2. The first-order valence-electron chi connectivity index (χ1n) is 10.2. The molecule has 4 rings (SSSR count). The fourth-order valence-corrected chi connectivity index (χ4v) is 3.81. The van der Waals surface area contributed by atoms with Gasteiger partial charge in [0.2, 0.25) is 5.95 Å². The van der Waals surface area contributed by atoms with Crippen LogP contribution in [0.5, 0.6) is 0 Å². The van der Waals surface area contributed by atoms with Crippen LogP contribution in [0.15, 0.2) is 42.6 Å². The third kappa shape index (κ3) is 3.74. The van der Waals surface area contributed by atoms with Crippen LogP contribution in [0, 0.1) is 18.3 Å². The molecule has 8 nitrogen and oxygen atoms in total. The van der Waals surface area contributed by atoms with E-state index in [0.29, 0.717) is 29.3 Å². The molecule has 162 valence electrons. The van der Waals surface area contributed by atoms with Crippen molar-refractivity contribution in [3.63, 3.8) is 0 Å². The Balaban J connectivity index is 1.72. The van der Waals surface area contributed by atoms with E-state index in [2.05, 4.69) is 32.0 Å². The van der Waals surface area contributed by atoms with Gasteiger partial charge in [-0.25, -0.2) is 9.97 Å². The number of fused-ring (bicyclic) bond motifs is 1. The van der Waals surface area contributed by atoms with Crippen LogP contribution < -0.4 is 16.0 Å². The van der Waals surface area contributed by atoms with E-state index >= 15 is 0 Å². The molecule has 0 fully saturated rings. The summed E-state index contributed by atoms with van der Waals surface area (Å²) in [6.45, 7) is 4.43. The molecule has 2 aromatic carbocycles. The van der Waals surface area contributed by atoms with Crippen molar-refractivity contribution in [2.45, 2.75) is 19.3 Å². The highest BCUT2D eigenvalue weighted by Crippen LogP contribution is 2.41. The van der Waals surface area contributed by atoms with Gasteiger partial charge in [-0.3, -0.25) is 4.79 Å². The first-order chi connectivity index (χ1) is 15.4. The summed E-state index contributed by atoms with van der Waals surface area (Å²) in [6, 6.07) is 13.2. The maximum Gasteiger partial charge on any atom is 0.251 e. The largest absolute Gasteiger partial charge is 0.395 e. The summed E-state index contributed by atoms with van der Waals surface area (Å²) < 4.78 is 0. The van der Waals surface area contributed by atoms with Gasteiger partial charge in [-0.1, -0.05) is 13.0 Å². The molecular formula is C24H24N6O2. The Kier molecular flexibility index (Phi) is 5.51. The van der Waals surface area contributed by atoms with E-state index in [0.717, 1.165) is 28.1 Å². The lowest BCUT2D eigenvalue weighted by Crippen LogP contribution is -2.28. The Morgan fingerprint density at radius 1 is 1.31 bits per heavy atom. The van der Waals surface area contributed by atoms with Gasteiger partial charge in [0.25, 0.3) is 5.91 Å². The van der Waals surface area contributed by atoms with Crippen LogP contribution in [0.3, 0.4) is 0 Å². The highest BCUT2D eigenvalue weighted by Gasteiger charge is 2.35. The van der Waals surface area contributed by atoms with E-state index < -0.39 is 5.41 Å². The van der Waals surface area contributed by atoms with Gasteiger partial charge in [0.05, 0.1) is 23.6 Å². The van der Waals surface area contributed by atoms with E-state index in [9.17, 15) is 15.2 Å². The molecule has 0 aliphatic carbocycles. The number of carbonyl (C=O) groups is 1. The average molecular weight is 428 g/mol. The van der Waals surface area contributed by atoms with Crippen LogP contribution >= 0.6 is 0 Å². The maximum absolute atomic E-state index is 12.0. The van der Waals surface area contributed by atoms with Crippen LogP contribution in [0.25, 0.3) is 11.3 Å². The Hall–Kier alpha value is -3.96. The highest BCUT2D eigenvalue weighted by atomic mass is 16.3. The highest BCUT2D eigenvalue weighted by molar-refractivity contribution is 5.95. The second-order valence-electron chi connectivity index (χ2n) is 8.13. The summed E-state index contributed by atoms with van der Waals surface area (Å²) >= 11 is 0. The van der Waals surface area contributed by atoms with Crippen molar-refractivity contribution >= 4 is 23.2 Å². The van der Waals surface area contributed by atoms with Gasteiger partial charge in [0.1, 0.15) is 6.07 Å². The predicted molar refractivity (Wildman–Crippen MR) is 123 cm³/mol. The SMILES string of the molecule is CNC(=O)c1ccc(C)c(Nc2nccc(-c3cc(C#N)c4c(c3)C(C)(CO)CN4)n2)c1. The predicted octanol–water partition coefficient (Wildman–Crippen LogP) is 3.10. The molecule has 3 aromatic rings. The normalized spacial score (nSPS) is 16.6. The number of nitriles is 1. The number of aliphatic hydroxyl groups excluding tert-OH is 1. The summed E-state index contributed by atoms with van der Waals surface area (Å²) in [5.74, 6) is 0.201. The molecule has 0 spiro atoms. The zero-order valence-electron chi connectivity index (χ0n) is 18.2. The molecular weight excluding hydrogens is 404 g/mol. The molecule has 1 aliphatic heterocycles. The molecule has 0 bridgehead atoms. The number of amides is 1. The van der Waals surface area contributed by atoms with Crippen molar-refractivity contribution in [2.24, 2.45) is 0 Å². The molecule has 1 aliphatic rings. The molecule has 2 heterocycles. The van der Waals surface area contributed by atoms with Crippen molar-refractivity contribution in [3.8, 4) is 17.3 Å². The van der Waals surface area contributed by atoms with Gasteiger partial charge in [0.15, 0.2) is 0 Å². The standard InChI is InChI=1S/C24H24N6O2/c1-14-4-5-15(22(32)26-3)10-20(14)30-23-27-7-6-19(29-23)16-8-17(11-25)21-18(9-16)24(2,13-31)12-28-21/h4-10,28,31H,12-13H2,1-3H3,(H,26,32)(H,27,29,30). The van der Waals surface area contributed by atoms with Gasteiger partial charge < -0.3 is 21.1 Å². The van der Waals surface area contributed by atoms with Crippen LogP contribution in [0.4, 0.5) is 17.3 Å². The second-order valence-corrected chi connectivity index (χ2v) is 8.13. The van der Waals surface area contributed by atoms with Crippen molar-refractivity contribution < 1.29 is 9.90 Å². The second kappa shape index (κ2) is 8.29. The van der Waals surface area contributed by atoms with E-state index in [-0.39, 0.29) is 12.5 Å². The molecule has 32 heavy (non-hydrogen) atoms. The van der Waals surface area contributed by atoms with Crippen LogP contribution in [-0.2, 0) is 5.41 Å². The zero-order chi connectivity index (χ0) is 22.9. The number of aromatic nitrogens is 2. The van der Waals surface area contributed by atoms with Crippen molar-refractivity contribution in [1.82, 2.24) is 15.3 Å². The smallest absolute Gasteiger partial charge is 0.251 e. The molecule has 0 radical (unpaired) electrons. The Labute approximate surface area is 186 Å². The Bertz CT molecular complexity index is 1250. The number of benzene rings is 2. The van der Waals surface area contributed by atoms with Gasteiger partial charge in [0, 0.05) is 42.0 Å². The number of carbonyl (C=O) groups excluding carboxylic acids is 1. The lowest BCUT2D eigenvalue weighted by Gasteiger charge is -2.21. The average Bonchev–Trinajstić information content (AvgIpc) is 3.16. The molecule has 0 saturated carbocycles. The lowest BCUT2D eigenvalue weighted by molar-refractivity contribution is 0.0963. The monoisotopic (exact) mass is 428 g/mol. The first-order valence-corrected chi connectivity index (χ1v) is 10.2. The summed E-state index contributed by atoms with van der Waals surface area (Å²) in [6.07, 6.45) is 1.64. The lowest BCUT2D eigenvalue weighted by atomic mass is 9.83. The number of aliphatic hydroxyl groups is 1. The third-order valence-corrected chi connectivity index (χ3v) is 5.84. The minimum Gasteiger partial charge on any atom is -0.395 e. The molecule has 1 unspecified atom stereocenters. The fourth-order valence-electron chi connectivity index (χ4n) is 3.81. The minimum absolute atomic E-state index is 0.0289. The fraction of sp³-hybridized carbons (Fsp3) is 0.250. The topological polar surface area (TPSA) is 123 Å². The number of aryl methyl sites for hydroxylation is 1. The molecule has 1 aromatic heterocycles. The summed E-state index contributed by atoms with van der Waals surface area (Å²) in [7, 11) is 1.59. The molecule has 8 heteroatoms. The van der Waals surface area contributed by atoms with Crippen molar-refractivity contribution in [2.75, 3.05) is 30.8 Å². The van der Waals surface area contributed by atoms with Gasteiger partial charge >= 0.3 is 0 Å². The van der Waals surface area contributed by atoms with Crippen LogP contribution in [0.1, 0.15) is 34.0 Å². The molecule has 1 atom stereocenters.